The second kappa shape index (κ2) is 7.28. The van der Waals surface area contributed by atoms with Gasteiger partial charge < -0.3 is 10.1 Å². The van der Waals surface area contributed by atoms with E-state index < -0.39 is 0 Å². The van der Waals surface area contributed by atoms with Crippen LogP contribution in [-0.4, -0.2) is 13.7 Å². The summed E-state index contributed by atoms with van der Waals surface area (Å²) in [6.45, 7) is 7.53. The molecule has 2 heteroatoms. The Morgan fingerprint density at radius 3 is 2.29 bits per heavy atom. The summed E-state index contributed by atoms with van der Waals surface area (Å²) in [6.07, 6.45) is 1.16. The Kier molecular flexibility index (Phi) is 5.40. The van der Waals surface area contributed by atoms with Gasteiger partial charge in [-0.25, -0.2) is 0 Å². The maximum absolute atomic E-state index is 5.32. The minimum absolute atomic E-state index is 0.400. The van der Waals surface area contributed by atoms with Crippen LogP contribution in [0.4, 0.5) is 0 Å². The third kappa shape index (κ3) is 3.85. The fourth-order valence-electron chi connectivity index (χ4n) is 2.50. The van der Waals surface area contributed by atoms with Gasteiger partial charge in [0.05, 0.1) is 7.11 Å². The number of methoxy groups -OCH3 is 1. The summed E-state index contributed by atoms with van der Waals surface area (Å²) in [7, 11) is 1.71. The summed E-state index contributed by atoms with van der Waals surface area (Å²) in [5.41, 5.74) is 4.97. The first-order chi connectivity index (χ1) is 10.2. The van der Waals surface area contributed by atoms with E-state index in [4.69, 9.17) is 4.74 Å². The average molecular weight is 283 g/mol. The van der Waals surface area contributed by atoms with Crippen LogP contribution in [0.2, 0.25) is 0 Å². The van der Waals surface area contributed by atoms with Crippen molar-refractivity contribution >= 4 is 0 Å². The summed E-state index contributed by atoms with van der Waals surface area (Å²) in [5.74, 6) is 0.938. The van der Waals surface area contributed by atoms with Crippen molar-refractivity contribution in [2.75, 3.05) is 13.7 Å². The molecule has 1 N–H and O–H groups in total. The Labute approximate surface area is 128 Å². The lowest BCUT2D eigenvalue weighted by molar-refractivity contribution is 0.412. The molecule has 0 fully saturated rings. The predicted octanol–water partition coefficient (Wildman–Crippen LogP) is 4.73. The largest absolute Gasteiger partial charge is 0.496 e. The Morgan fingerprint density at radius 1 is 1.05 bits per heavy atom. The van der Waals surface area contributed by atoms with E-state index in [1.807, 2.05) is 6.07 Å². The number of hydrogen-bond acceptors (Lipinski definition) is 2. The highest BCUT2D eigenvalue weighted by Crippen LogP contribution is 2.27. The number of benzene rings is 2. The van der Waals surface area contributed by atoms with Gasteiger partial charge >= 0.3 is 0 Å². The lowest BCUT2D eigenvalue weighted by Crippen LogP contribution is -2.19. The van der Waals surface area contributed by atoms with E-state index in [1.54, 1.807) is 7.11 Å². The fourth-order valence-corrected chi connectivity index (χ4v) is 2.50. The summed E-state index contributed by atoms with van der Waals surface area (Å²) in [6, 6.07) is 15.5. The minimum Gasteiger partial charge on any atom is -0.496 e. The Morgan fingerprint density at radius 2 is 1.71 bits per heavy atom. The van der Waals surface area contributed by atoms with Crippen molar-refractivity contribution in [3.05, 3.63) is 53.6 Å². The Balaban J connectivity index is 2.17. The monoisotopic (exact) mass is 283 g/mol. The molecule has 0 bridgehead atoms. The molecule has 21 heavy (non-hydrogen) atoms. The molecule has 0 amide bonds. The van der Waals surface area contributed by atoms with Gasteiger partial charge in [-0.15, -0.1) is 0 Å². The van der Waals surface area contributed by atoms with Crippen LogP contribution in [-0.2, 0) is 0 Å². The Bertz CT molecular complexity index is 575. The van der Waals surface area contributed by atoms with Gasteiger partial charge in [0, 0.05) is 6.04 Å². The highest BCUT2D eigenvalue weighted by Gasteiger charge is 2.06. The minimum atomic E-state index is 0.400. The third-order valence-corrected chi connectivity index (χ3v) is 3.84. The van der Waals surface area contributed by atoms with Crippen LogP contribution in [0.3, 0.4) is 0 Å². The van der Waals surface area contributed by atoms with E-state index in [0.717, 1.165) is 24.3 Å². The second-order valence-corrected chi connectivity index (χ2v) is 5.48. The summed E-state index contributed by atoms with van der Waals surface area (Å²) < 4.78 is 5.32. The SMILES string of the molecule is CCCNC(C)c1ccc(-c2ccc(OC)c(C)c2)cc1. The molecule has 1 unspecified atom stereocenters. The zero-order valence-electron chi connectivity index (χ0n) is 13.4. The molecule has 0 saturated heterocycles. The Hall–Kier alpha value is -1.80. The first kappa shape index (κ1) is 15.6. The fraction of sp³-hybridized carbons (Fsp3) is 0.368. The van der Waals surface area contributed by atoms with Crippen LogP contribution in [0.1, 0.15) is 37.4 Å². The standard InChI is InChI=1S/C19H25NO/c1-5-12-20-15(3)16-6-8-17(9-7-16)18-10-11-19(21-4)14(2)13-18/h6-11,13,15,20H,5,12H2,1-4H3. The average Bonchev–Trinajstić information content (AvgIpc) is 2.52. The van der Waals surface area contributed by atoms with Crippen LogP contribution in [0.15, 0.2) is 42.5 Å². The summed E-state index contributed by atoms with van der Waals surface area (Å²) >= 11 is 0. The molecule has 0 heterocycles. The van der Waals surface area contributed by atoms with E-state index in [1.165, 1.54) is 16.7 Å². The maximum atomic E-state index is 5.32. The highest BCUT2D eigenvalue weighted by atomic mass is 16.5. The van der Waals surface area contributed by atoms with E-state index in [9.17, 15) is 0 Å². The molecule has 0 aliphatic heterocycles. The molecule has 0 aliphatic carbocycles. The molecule has 1 atom stereocenters. The van der Waals surface area contributed by atoms with Gasteiger partial charge in [0.15, 0.2) is 0 Å². The lowest BCUT2D eigenvalue weighted by Gasteiger charge is -2.14. The third-order valence-electron chi connectivity index (χ3n) is 3.84. The molecule has 2 aromatic carbocycles. The van der Waals surface area contributed by atoms with Gasteiger partial charge in [0.25, 0.3) is 0 Å². The smallest absolute Gasteiger partial charge is 0.121 e. The maximum Gasteiger partial charge on any atom is 0.121 e. The molecular formula is C19H25NO. The van der Waals surface area contributed by atoms with Crippen molar-refractivity contribution in [1.29, 1.82) is 0 Å². The second-order valence-electron chi connectivity index (χ2n) is 5.48. The number of nitrogens with one attached hydrogen (secondary N) is 1. The van der Waals surface area contributed by atoms with E-state index >= 15 is 0 Å². The van der Waals surface area contributed by atoms with Crippen LogP contribution in [0.5, 0.6) is 5.75 Å². The molecule has 2 aromatic rings. The van der Waals surface area contributed by atoms with Gasteiger partial charge in [-0.2, -0.15) is 0 Å². The van der Waals surface area contributed by atoms with Crippen LogP contribution in [0.25, 0.3) is 11.1 Å². The molecule has 0 aliphatic rings. The van der Waals surface area contributed by atoms with Crippen molar-refractivity contribution in [2.24, 2.45) is 0 Å². The van der Waals surface area contributed by atoms with Gasteiger partial charge in [-0.1, -0.05) is 37.3 Å². The van der Waals surface area contributed by atoms with Crippen molar-refractivity contribution in [3.63, 3.8) is 0 Å². The van der Waals surface area contributed by atoms with Crippen molar-refractivity contribution < 1.29 is 4.74 Å². The van der Waals surface area contributed by atoms with E-state index in [2.05, 4.69) is 62.5 Å². The van der Waals surface area contributed by atoms with Crippen molar-refractivity contribution in [3.8, 4) is 16.9 Å². The number of rotatable bonds is 6. The quantitative estimate of drug-likeness (QED) is 0.827. The van der Waals surface area contributed by atoms with Crippen LogP contribution >= 0.6 is 0 Å². The van der Waals surface area contributed by atoms with Crippen LogP contribution in [0, 0.1) is 6.92 Å². The lowest BCUT2D eigenvalue weighted by atomic mass is 10.00. The molecule has 0 aromatic heterocycles. The molecule has 0 saturated carbocycles. The molecule has 2 nitrogen and oxygen atoms in total. The van der Waals surface area contributed by atoms with Gasteiger partial charge in [-0.3, -0.25) is 0 Å². The van der Waals surface area contributed by atoms with Crippen molar-refractivity contribution in [2.45, 2.75) is 33.2 Å². The zero-order valence-corrected chi connectivity index (χ0v) is 13.4. The summed E-state index contributed by atoms with van der Waals surface area (Å²) in [5, 5.41) is 3.52. The molecule has 0 radical (unpaired) electrons. The molecule has 2 rings (SSSR count). The molecule has 0 spiro atoms. The zero-order chi connectivity index (χ0) is 15.2. The predicted molar refractivity (Wildman–Crippen MR) is 89.9 cm³/mol. The van der Waals surface area contributed by atoms with Gasteiger partial charge in [0.1, 0.15) is 5.75 Å². The van der Waals surface area contributed by atoms with Gasteiger partial charge in [0.2, 0.25) is 0 Å². The highest BCUT2D eigenvalue weighted by molar-refractivity contribution is 5.66. The summed E-state index contributed by atoms with van der Waals surface area (Å²) in [4.78, 5) is 0. The first-order valence-electron chi connectivity index (χ1n) is 7.64. The van der Waals surface area contributed by atoms with Gasteiger partial charge in [-0.05, 0) is 61.2 Å². The normalized spacial score (nSPS) is 12.2. The molecule has 112 valence electrons. The van der Waals surface area contributed by atoms with Crippen molar-refractivity contribution in [1.82, 2.24) is 5.32 Å². The van der Waals surface area contributed by atoms with Crippen LogP contribution < -0.4 is 10.1 Å². The molecular weight excluding hydrogens is 258 g/mol. The van der Waals surface area contributed by atoms with E-state index in [-0.39, 0.29) is 0 Å². The number of aryl methyl sites for hydroxylation is 1. The topological polar surface area (TPSA) is 21.3 Å². The number of ether oxygens (including phenoxy) is 1. The first-order valence-corrected chi connectivity index (χ1v) is 7.64. The van der Waals surface area contributed by atoms with E-state index in [0.29, 0.717) is 6.04 Å². The number of hydrogen-bond donors (Lipinski definition) is 1.